The van der Waals surface area contributed by atoms with Crippen LogP contribution in [0.25, 0.3) is 0 Å². The van der Waals surface area contributed by atoms with E-state index in [1.165, 1.54) is 31.4 Å². The van der Waals surface area contributed by atoms with Crippen LogP contribution in [0.1, 0.15) is 20.7 Å². The summed E-state index contributed by atoms with van der Waals surface area (Å²) in [5.41, 5.74) is -0.293. The number of hydrogen-bond donors (Lipinski definition) is 0. The molecule has 0 saturated heterocycles. The highest BCUT2D eigenvalue weighted by atomic mass is 32.2. The number of alkyl halides is 2. The number of carbonyl (C=O) groups is 2. The van der Waals surface area contributed by atoms with E-state index < -0.39 is 29.9 Å². The number of benzene rings is 2. The molecule has 0 unspecified atom stereocenters. The first-order valence-corrected chi connectivity index (χ1v) is 9.15. The number of nitro groups is 1. The maximum atomic E-state index is 12.3. The summed E-state index contributed by atoms with van der Waals surface area (Å²) in [6, 6.07) is 7.35. The van der Waals surface area contributed by atoms with Gasteiger partial charge in [0.25, 0.3) is 5.69 Å². The molecule has 0 heterocycles. The van der Waals surface area contributed by atoms with Crippen molar-refractivity contribution in [3.8, 4) is 11.5 Å². The maximum absolute atomic E-state index is 12.3. The fraction of sp³-hybridized carbons (Fsp3) is 0.222. The molecule has 2 rings (SSSR count). The average Bonchev–Trinajstić information content (AvgIpc) is 2.70. The highest BCUT2D eigenvalue weighted by Gasteiger charge is 2.20. The number of hydrogen-bond acceptors (Lipinski definition) is 8. The van der Waals surface area contributed by atoms with E-state index in [4.69, 9.17) is 9.47 Å². The van der Waals surface area contributed by atoms with E-state index in [9.17, 15) is 28.5 Å². The molecule has 0 aromatic heterocycles. The lowest BCUT2D eigenvalue weighted by Gasteiger charge is -2.11. The van der Waals surface area contributed by atoms with Crippen molar-refractivity contribution in [3.63, 3.8) is 0 Å². The maximum Gasteiger partial charge on any atom is 0.387 e. The second-order valence-electron chi connectivity index (χ2n) is 5.39. The van der Waals surface area contributed by atoms with Crippen molar-refractivity contribution >= 4 is 29.2 Å². The minimum atomic E-state index is -3.06. The third-order valence-corrected chi connectivity index (χ3v) is 4.43. The minimum absolute atomic E-state index is 0.0416. The minimum Gasteiger partial charge on any atom is -0.493 e. The summed E-state index contributed by atoms with van der Waals surface area (Å²) in [5.74, 6) is -1.89. The van der Waals surface area contributed by atoms with E-state index in [1.54, 1.807) is 6.26 Å². The number of Topliss-reactive ketones (excluding diaryl/α,β-unsaturated/α-hetero) is 1. The van der Waals surface area contributed by atoms with Crippen molar-refractivity contribution in [2.45, 2.75) is 11.5 Å². The van der Waals surface area contributed by atoms with E-state index >= 15 is 0 Å². The van der Waals surface area contributed by atoms with Crippen LogP contribution in [-0.2, 0) is 4.74 Å². The summed E-state index contributed by atoms with van der Waals surface area (Å²) < 4.78 is 38.8. The van der Waals surface area contributed by atoms with Crippen LogP contribution in [0.5, 0.6) is 11.5 Å². The van der Waals surface area contributed by atoms with Crippen molar-refractivity contribution in [2.75, 3.05) is 20.0 Å². The van der Waals surface area contributed by atoms with Gasteiger partial charge in [-0.3, -0.25) is 14.9 Å². The van der Waals surface area contributed by atoms with Gasteiger partial charge in [-0.1, -0.05) is 0 Å². The van der Waals surface area contributed by atoms with Crippen molar-refractivity contribution in [1.29, 1.82) is 0 Å². The predicted octanol–water partition coefficient (Wildman–Crippen LogP) is 3.97. The second kappa shape index (κ2) is 9.82. The molecule has 8 nitrogen and oxygen atoms in total. The highest BCUT2D eigenvalue weighted by molar-refractivity contribution is 7.98. The molecular formula is C18H15F2NO7S. The molecule has 0 fully saturated rings. The van der Waals surface area contributed by atoms with Gasteiger partial charge in [0, 0.05) is 11.6 Å². The molecule has 0 aliphatic rings. The van der Waals surface area contributed by atoms with Gasteiger partial charge >= 0.3 is 12.6 Å². The van der Waals surface area contributed by atoms with E-state index in [1.807, 2.05) is 0 Å². The first-order valence-electron chi connectivity index (χ1n) is 7.92. The summed E-state index contributed by atoms with van der Waals surface area (Å²) >= 11 is 1.15. The van der Waals surface area contributed by atoms with Gasteiger partial charge < -0.3 is 14.2 Å². The van der Waals surface area contributed by atoms with Crippen LogP contribution >= 0.6 is 11.8 Å². The Labute approximate surface area is 167 Å². The lowest BCUT2D eigenvalue weighted by atomic mass is 10.1. The number of ketones is 1. The Hall–Kier alpha value is -3.21. The Balaban J connectivity index is 2.10. The molecular weight excluding hydrogens is 412 g/mol. The Morgan fingerprint density at radius 2 is 1.83 bits per heavy atom. The number of nitrogens with zero attached hydrogens (tertiary/aromatic N) is 1. The fourth-order valence-corrected chi connectivity index (χ4v) is 2.84. The fourth-order valence-electron chi connectivity index (χ4n) is 2.29. The lowest BCUT2D eigenvalue weighted by molar-refractivity contribution is -0.387. The summed E-state index contributed by atoms with van der Waals surface area (Å²) in [4.78, 5) is 35.2. The zero-order chi connectivity index (χ0) is 21.6. The van der Waals surface area contributed by atoms with Gasteiger partial charge in [0.15, 0.2) is 23.9 Å². The average molecular weight is 427 g/mol. The number of methoxy groups -OCH3 is 1. The van der Waals surface area contributed by atoms with Crippen molar-refractivity contribution in [2.24, 2.45) is 0 Å². The first kappa shape index (κ1) is 22.1. The number of carbonyl (C=O) groups excluding carboxylic acids is 2. The van der Waals surface area contributed by atoms with Crippen molar-refractivity contribution in [1.82, 2.24) is 0 Å². The van der Waals surface area contributed by atoms with Gasteiger partial charge in [-0.05, 0) is 36.6 Å². The third-order valence-electron chi connectivity index (χ3n) is 3.65. The highest BCUT2D eigenvalue weighted by Crippen LogP contribution is 2.30. The largest absolute Gasteiger partial charge is 0.493 e. The lowest BCUT2D eigenvalue weighted by Crippen LogP contribution is -2.15. The molecule has 0 amide bonds. The van der Waals surface area contributed by atoms with E-state index in [0.29, 0.717) is 4.90 Å². The smallest absolute Gasteiger partial charge is 0.387 e. The summed E-state index contributed by atoms with van der Waals surface area (Å²) in [5, 5.41) is 11.1. The Kier molecular flexibility index (Phi) is 7.48. The molecule has 29 heavy (non-hydrogen) atoms. The summed E-state index contributed by atoms with van der Waals surface area (Å²) in [6.45, 7) is -3.72. The summed E-state index contributed by atoms with van der Waals surface area (Å²) in [6.07, 6.45) is 1.66. The van der Waals surface area contributed by atoms with Crippen LogP contribution in [-0.4, -0.2) is 43.3 Å². The number of esters is 1. The zero-order valence-electron chi connectivity index (χ0n) is 15.2. The Morgan fingerprint density at radius 1 is 1.14 bits per heavy atom. The van der Waals surface area contributed by atoms with Gasteiger partial charge in [-0.25, -0.2) is 4.79 Å². The molecule has 0 bridgehead atoms. The van der Waals surface area contributed by atoms with Crippen LogP contribution in [0.15, 0.2) is 41.3 Å². The molecule has 154 valence electrons. The first-order chi connectivity index (χ1) is 13.8. The number of rotatable bonds is 9. The number of nitro benzene ring substituents is 1. The normalized spacial score (nSPS) is 10.5. The van der Waals surface area contributed by atoms with Crippen molar-refractivity contribution < 1.29 is 37.5 Å². The van der Waals surface area contributed by atoms with E-state index in [-0.39, 0.29) is 28.3 Å². The van der Waals surface area contributed by atoms with Gasteiger partial charge in [-0.2, -0.15) is 8.78 Å². The summed E-state index contributed by atoms with van der Waals surface area (Å²) in [7, 11) is 1.22. The molecule has 11 heteroatoms. The predicted molar refractivity (Wildman–Crippen MR) is 99.1 cm³/mol. The molecule has 0 aliphatic heterocycles. The molecule has 2 aromatic carbocycles. The second-order valence-corrected chi connectivity index (χ2v) is 6.24. The van der Waals surface area contributed by atoms with E-state index in [2.05, 4.69) is 4.74 Å². The van der Waals surface area contributed by atoms with Crippen LogP contribution < -0.4 is 9.47 Å². The van der Waals surface area contributed by atoms with E-state index in [0.717, 1.165) is 23.9 Å². The van der Waals surface area contributed by atoms with Crippen LogP contribution in [0, 0.1) is 10.1 Å². The molecule has 0 N–H and O–H groups in total. The standard InChI is InChI=1S/C18H15F2NO7S/c1-26-15-8-10(3-5-14(15)28-18(19)20)13(22)9-27-17(23)11-4-6-16(29-2)12(7-11)21(24)25/h3-8,18H,9H2,1-2H3. The monoisotopic (exact) mass is 427 g/mol. The zero-order valence-corrected chi connectivity index (χ0v) is 16.0. The van der Waals surface area contributed by atoms with Gasteiger partial charge in [0.05, 0.1) is 22.5 Å². The molecule has 0 spiro atoms. The molecule has 0 atom stereocenters. The van der Waals surface area contributed by atoms with Crippen molar-refractivity contribution in [3.05, 3.63) is 57.6 Å². The number of thioether (sulfide) groups is 1. The third kappa shape index (κ3) is 5.64. The molecule has 0 aliphatic carbocycles. The quantitative estimate of drug-likeness (QED) is 0.195. The number of halogens is 2. The Morgan fingerprint density at radius 3 is 2.41 bits per heavy atom. The van der Waals surface area contributed by atoms with Gasteiger partial charge in [-0.15, -0.1) is 11.8 Å². The van der Waals surface area contributed by atoms with Gasteiger partial charge in [0.2, 0.25) is 0 Å². The van der Waals surface area contributed by atoms with Gasteiger partial charge in [0.1, 0.15) is 0 Å². The molecule has 0 saturated carbocycles. The van der Waals surface area contributed by atoms with Crippen LogP contribution in [0.4, 0.5) is 14.5 Å². The number of ether oxygens (including phenoxy) is 3. The van der Waals surface area contributed by atoms with Crippen LogP contribution in [0.3, 0.4) is 0 Å². The topological polar surface area (TPSA) is 105 Å². The Bertz CT molecular complexity index is 936. The van der Waals surface area contributed by atoms with Crippen LogP contribution in [0.2, 0.25) is 0 Å². The molecule has 2 aromatic rings. The molecule has 0 radical (unpaired) electrons. The SMILES string of the molecule is COc1cc(C(=O)COC(=O)c2ccc(SC)c([N+](=O)[O-])c2)ccc1OC(F)F.